The first-order valence-electron chi connectivity index (χ1n) is 6.11. The molecule has 1 aromatic heterocycles. The zero-order chi connectivity index (χ0) is 15.2. The minimum atomic E-state index is -0.919. The molecule has 0 aliphatic carbocycles. The standard InChI is InChI=1S/C14H13F2N3O2/c15-11-7-9(14(17)19-20)8-12(16)13(11)21-6-4-10-3-1-2-5-18-10/h1-3,5,7-8,20H,4,6H2,(H2,17,19). The Balaban J connectivity index is 2.07. The number of benzene rings is 1. The Morgan fingerprint density at radius 1 is 1.29 bits per heavy atom. The average Bonchev–Trinajstić information content (AvgIpc) is 2.50. The number of amidine groups is 1. The van der Waals surface area contributed by atoms with Gasteiger partial charge >= 0.3 is 0 Å². The van der Waals surface area contributed by atoms with Gasteiger partial charge in [-0.05, 0) is 24.3 Å². The van der Waals surface area contributed by atoms with Crippen molar-refractivity contribution in [3.8, 4) is 5.75 Å². The summed E-state index contributed by atoms with van der Waals surface area (Å²) in [5, 5.41) is 11.2. The van der Waals surface area contributed by atoms with Gasteiger partial charge in [0.05, 0.1) is 6.61 Å². The molecule has 0 aliphatic heterocycles. The summed E-state index contributed by atoms with van der Waals surface area (Å²) in [5.74, 6) is -2.72. The van der Waals surface area contributed by atoms with Gasteiger partial charge in [-0.3, -0.25) is 4.98 Å². The third-order valence-corrected chi connectivity index (χ3v) is 2.73. The number of nitrogens with two attached hydrogens (primary N) is 1. The lowest BCUT2D eigenvalue weighted by atomic mass is 10.2. The molecular formula is C14H13F2N3O2. The lowest BCUT2D eigenvalue weighted by Gasteiger charge is -2.09. The summed E-state index contributed by atoms with van der Waals surface area (Å²) >= 11 is 0. The van der Waals surface area contributed by atoms with Crippen LogP contribution in [0, 0.1) is 11.6 Å². The summed E-state index contributed by atoms with van der Waals surface area (Å²) in [7, 11) is 0. The van der Waals surface area contributed by atoms with Crippen LogP contribution in [-0.2, 0) is 6.42 Å². The third-order valence-electron chi connectivity index (χ3n) is 2.73. The van der Waals surface area contributed by atoms with Gasteiger partial charge in [0.25, 0.3) is 0 Å². The first-order valence-corrected chi connectivity index (χ1v) is 6.11. The molecule has 0 radical (unpaired) electrons. The van der Waals surface area contributed by atoms with Crippen LogP contribution in [0.5, 0.6) is 5.75 Å². The summed E-state index contributed by atoms with van der Waals surface area (Å²) in [6.07, 6.45) is 2.05. The van der Waals surface area contributed by atoms with Crippen LogP contribution in [-0.4, -0.2) is 22.6 Å². The maximum atomic E-state index is 13.8. The second-order valence-electron chi connectivity index (χ2n) is 4.17. The van der Waals surface area contributed by atoms with Crippen LogP contribution in [0.4, 0.5) is 8.78 Å². The monoisotopic (exact) mass is 293 g/mol. The molecule has 0 unspecified atom stereocenters. The number of hydrogen-bond donors (Lipinski definition) is 2. The zero-order valence-electron chi connectivity index (χ0n) is 11.0. The highest BCUT2D eigenvalue weighted by Gasteiger charge is 2.14. The molecule has 3 N–H and O–H groups in total. The van der Waals surface area contributed by atoms with Crippen molar-refractivity contribution in [1.29, 1.82) is 0 Å². The van der Waals surface area contributed by atoms with Crippen LogP contribution in [0.3, 0.4) is 0 Å². The number of nitrogens with zero attached hydrogens (tertiary/aromatic N) is 2. The molecule has 0 saturated heterocycles. The maximum absolute atomic E-state index is 13.8. The molecule has 0 fully saturated rings. The lowest BCUT2D eigenvalue weighted by Crippen LogP contribution is -2.14. The third kappa shape index (κ3) is 3.65. The van der Waals surface area contributed by atoms with E-state index in [2.05, 4.69) is 10.1 Å². The van der Waals surface area contributed by atoms with Crippen molar-refractivity contribution in [2.24, 2.45) is 10.9 Å². The van der Waals surface area contributed by atoms with E-state index in [1.54, 1.807) is 18.3 Å². The fourth-order valence-electron chi connectivity index (χ4n) is 1.71. The molecular weight excluding hydrogens is 280 g/mol. The molecule has 0 aliphatic rings. The minimum Gasteiger partial charge on any atom is -0.487 e. The van der Waals surface area contributed by atoms with Gasteiger partial charge in [0.1, 0.15) is 0 Å². The SMILES string of the molecule is N/C(=N/O)c1cc(F)c(OCCc2ccccn2)c(F)c1. The smallest absolute Gasteiger partial charge is 0.190 e. The van der Waals surface area contributed by atoms with Gasteiger partial charge < -0.3 is 15.7 Å². The van der Waals surface area contributed by atoms with Gasteiger partial charge in [-0.2, -0.15) is 0 Å². The number of hydrogen-bond acceptors (Lipinski definition) is 4. The summed E-state index contributed by atoms with van der Waals surface area (Å²) in [4.78, 5) is 4.08. The normalized spacial score (nSPS) is 11.4. The fourth-order valence-corrected chi connectivity index (χ4v) is 1.71. The molecule has 0 spiro atoms. The van der Waals surface area contributed by atoms with E-state index in [0.717, 1.165) is 17.8 Å². The molecule has 5 nitrogen and oxygen atoms in total. The van der Waals surface area contributed by atoms with E-state index in [1.807, 2.05) is 6.07 Å². The highest BCUT2D eigenvalue weighted by molar-refractivity contribution is 5.97. The van der Waals surface area contributed by atoms with Crippen LogP contribution < -0.4 is 10.5 Å². The Kier molecular flexibility index (Phi) is 4.65. The molecule has 0 saturated carbocycles. The first-order chi connectivity index (χ1) is 10.1. The van der Waals surface area contributed by atoms with Crippen molar-refractivity contribution in [1.82, 2.24) is 4.98 Å². The Morgan fingerprint density at radius 3 is 2.57 bits per heavy atom. The zero-order valence-corrected chi connectivity index (χ0v) is 11.0. The molecule has 0 bridgehead atoms. The largest absolute Gasteiger partial charge is 0.487 e. The topological polar surface area (TPSA) is 80.7 Å². The van der Waals surface area contributed by atoms with E-state index in [0.29, 0.717) is 6.42 Å². The highest BCUT2D eigenvalue weighted by atomic mass is 19.1. The number of halogens is 2. The van der Waals surface area contributed by atoms with Crippen LogP contribution in [0.25, 0.3) is 0 Å². The van der Waals surface area contributed by atoms with Crippen molar-refractivity contribution in [2.45, 2.75) is 6.42 Å². The molecule has 110 valence electrons. The minimum absolute atomic E-state index is 0.0652. The average molecular weight is 293 g/mol. The van der Waals surface area contributed by atoms with Crippen LogP contribution in [0.1, 0.15) is 11.3 Å². The highest BCUT2D eigenvalue weighted by Crippen LogP contribution is 2.23. The fraction of sp³-hybridized carbons (Fsp3) is 0.143. The second-order valence-corrected chi connectivity index (χ2v) is 4.17. The van der Waals surface area contributed by atoms with Crippen molar-refractivity contribution < 1.29 is 18.7 Å². The van der Waals surface area contributed by atoms with E-state index in [1.165, 1.54) is 0 Å². The lowest BCUT2D eigenvalue weighted by molar-refractivity contribution is 0.287. The van der Waals surface area contributed by atoms with Crippen molar-refractivity contribution in [3.05, 3.63) is 59.4 Å². The summed E-state index contributed by atoms with van der Waals surface area (Å²) in [5.41, 5.74) is 5.97. The summed E-state index contributed by atoms with van der Waals surface area (Å²) < 4.78 is 32.6. The maximum Gasteiger partial charge on any atom is 0.190 e. The van der Waals surface area contributed by atoms with Crippen molar-refractivity contribution in [2.75, 3.05) is 6.61 Å². The first kappa shape index (κ1) is 14.7. The van der Waals surface area contributed by atoms with E-state index >= 15 is 0 Å². The Morgan fingerprint density at radius 2 is 2.00 bits per heavy atom. The number of rotatable bonds is 5. The molecule has 0 atom stereocenters. The molecule has 2 aromatic rings. The van der Waals surface area contributed by atoms with E-state index in [9.17, 15) is 8.78 Å². The molecule has 21 heavy (non-hydrogen) atoms. The van der Waals surface area contributed by atoms with Gasteiger partial charge in [-0.25, -0.2) is 8.78 Å². The summed E-state index contributed by atoms with van der Waals surface area (Å²) in [6.45, 7) is 0.0772. The Hall–Kier alpha value is -2.70. The Labute approximate surface area is 119 Å². The summed E-state index contributed by atoms with van der Waals surface area (Å²) in [6, 6.07) is 7.25. The van der Waals surface area contributed by atoms with Gasteiger partial charge in [0.2, 0.25) is 0 Å². The van der Waals surface area contributed by atoms with E-state index in [4.69, 9.17) is 15.7 Å². The molecule has 2 rings (SSSR count). The van der Waals surface area contributed by atoms with Crippen molar-refractivity contribution in [3.63, 3.8) is 0 Å². The van der Waals surface area contributed by atoms with Gasteiger partial charge in [-0.1, -0.05) is 11.2 Å². The van der Waals surface area contributed by atoms with Gasteiger partial charge in [0.15, 0.2) is 23.2 Å². The second kappa shape index (κ2) is 6.65. The quantitative estimate of drug-likeness (QED) is 0.383. The van der Waals surface area contributed by atoms with Gasteiger partial charge in [0, 0.05) is 23.9 Å². The van der Waals surface area contributed by atoms with E-state index < -0.39 is 17.4 Å². The van der Waals surface area contributed by atoms with Crippen LogP contribution in [0.2, 0.25) is 0 Å². The van der Waals surface area contributed by atoms with Gasteiger partial charge in [-0.15, -0.1) is 0 Å². The number of aromatic nitrogens is 1. The Bertz CT molecular complexity index is 625. The molecule has 1 aromatic carbocycles. The molecule has 7 heteroatoms. The van der Waals surface area contributed by atoms with Crippen LogP contribution >= 0.6 is 0 Å². The predicted octanol–water partition coefficient (Wildman–Crippen LogP) is 2.08. The number of pyridine rings is 1. The molecule has 1 heterocycles. The van der Waals surface area contributed by atoms with Crippen molar-refractivity contribution >= 4 is 5.84 Å². The predicted molar refractivity (Wildman–Crippen MR) is 72.3 cm³/mol. The number of oxime groups is 1. The van der Waals surface area contributed by atoms with E-state index in [-0.39, 0.29) is 18.0 Å². The molecule has 0 amide bonds. The van der Waals surface area contributed by atoms with Crippen LogP contribution in [0.15, 0.2) is 41.7 Å². The number of ether oxygens (including phenoxy) is 1.